The van der Waals surface area contributed by atoms with E-state index in [9.17, 15) is 0 Å². The smallest absolute Gasteiger partial charge is 0.157 e. The Morgan fingerprint density at radius 1 is 0.800 bits per heavy atom. The third-order valence-electron chi connectivity index (χ3n) is 3.05. The Kier molecular flexibility index (Phi) is 8.68. The van der Waals surface area contributed by atoms with E-state index in [2.05, 4.69) is 71.0 Å². The topological polar surface area (TPSA) is 52.0 Å². The van der Waals surface area contributed by atoms with Crippen LogP contribution in [-0.2, 0) is 6.42 Å². The molecule has 4 N–H and O–H groups in total. The third kappa shape index (κ3) is 7.54. The summed E-state index contributed by atoms with van der Waals surface area (Å²) in [6.45, 7) is 3.41. The molecule has 1 aromatic rings. The third-order valence-corrected chi connectivity index (χ3v) is 3.05. The van der Waals surface area contributed by atoms with E-state index in [1.54, 1.807) is 13.8 Å². The Balaban J connectivity index is 3.11. The summed E-state index contributed by atoms with van der Waals surface area (Å²) in [5.41, 5.74) is 12.4. The minimum absolute atomic E-state index is 0.506. The number of benzene rings is 1. The fraction of sp³-hybridized carbons (Fsp3) is 0.217. The molecule has 0 spiro atoms. The van der Waals surface area contributed by atoms with Gasteiger partial charge in [0.1, 0.15) is 0 Å². The van der Waals surface area contributed by atoms with Crippen molar-refractivity contribution in [3.05, 3.63) is 35.9 Å². The summed E-state index contributed by atoms with van der Waals surface area (Å²) in [6, 6.07) is 9.29. The SMILES string of the molecule is CC#CC#CC#CC(N)(C#CC#CC#CC)C(N)Cc1ccccc1. The van der Waals surface area contributed by atoms with Gasteiger partial charge in [0.15, 0.2) is 5.54 Å². The standard InChI is InChI=1S/C23H18N2/c1-3-5-7-9-14-18-23(25,19-15-10-8-6-4-2)22(24)20-21-16-12-11-13-17-21/h11-13,16-17,22H,20,24-25H2,1-2H3. The van der Waals surface area contributed by atoms with Crippen LogP contribution in [0.15, 0.2) is 30.3 Å². The van der Waals surface area contributed by atoms with E-state index in [1.807, 2.05) is 30.3 Å². The van der Waals surface area contributed by atoms with Crippen molar-refractivity contribution in [3.8, 4) is 71.0 Å². The number of hydrogen-bond acceptors (Lipinski definition) is 2. The average molecular weight is 322 g/mol. The Morgan fingerprint density at radius 3 is 1.76 bits per heavy atom. The molecule has 0 saturated heterocycles. The van der Waals surface area contributed by atoms with Crippen LogP contribution in [0.25, 0.3) is 0 Å². The van der Waals surface area contributed by atoms with E-state index in [4.69, 9.17) is 11.5 Å². The molecule has 0 amide bonds. The summed E-state index contributed by atoms with van der Waals surface area (Å²) < 4.78 is 0. The van der Waals surface area contributed by atoms with Gasteiger partial charge in [-0.3, -0.25) is 0 Å². The summed E-state index contributed by atoms with van der Waals surface area (Å²) in [5, 5.41) is 0. The highest BCUT2D eigenvalue weighted by atomic mass is 14.8. The molecule has 1 atom stereocenters. The first-order valence-corrected chi connectivity index (χ1v) is 7.58. The van der Waals surface area contributed by atoms with Crippen molar-refractivity contribution in [2.45, 2.75) is 31.8 Å². The predicted molar refractivity (Wildman–Crippen MR) is 103 cm³/mol. The highest BCUT2D eigenvalue weighted by Crippen LogP contribution is 2.10. The van der Waals surface area contributed by atoms with Gasteiger partial charge in [-0.05, 0) is 73.2 Å². The van der Waals surface area contributed by atoms with Crippen LogP contribution in [0.4, 0.5) is 0 Å². The minimum Gasteiger partial charge on any atom is -0.324 e. The van der Waals surface area contributed by atoms with Gasteiger partial charge < -0.3 is 11.5 Å². The molecular weight excluding hydrogens is 304 g/mol. The fourth-order valence-corrected chi connectivity index (χ4v) is 1.76. The number of rotatable bonds is 3. The molecule has 0 fully saturated rings. The van der Waals surface area contributed by atoms with Crippen molar-refractivity contribution >= 4 is 0 Å². The zero-order valence-corrected chi connectivity index (χ0v) is 14.3. The molecule has 0 aromatic heterocycles. The lowest BCUT2D eigenvalue weighted by Gasteiger charge is -2.24. The highest BCUT2D eigenvalue weighted by molar-refractivity contribution is 5.46. The zero-order valence-electron chi connectivity index (χ0n) is 14.3. The van der Waals surface area contributed by atoms with Crippen molar-refractivity contribution in [1.82, 2.24) is 0 Å². The van der Waals surface area contributed by atoms with Crippen molar-refractivity contribution < 1.29 is 0 Å². The first-order valence-electron chi connectivity index (χ1n) is 7.58. The van der Waals surface area contributed by atoms with Gasteiger partial charge in [-0.15, -0.1) is 0 Å². The lowest BCUT2D eigenvalue weighted by Crippen LogP contribution is -2.54. The molecule has 0 saturated carbocycles. The van der Waals surface area contributed by atoms with E-state index >= 15 is 0 Å². The molecule has 25 heavy (non-hydrogen) atoms. The first kappa shape index (κ1) is 19.5. The van der Waals surface area contributed by atoms with Crippen LogP contribution in [0.3, 0.4) is 0 Å². The summed E-state index contributed by atoms with van der Waals surface area (Å²) in [7, 11) is 0. The maximum atomic E-state index is 6.34. The molecule has 1 unspecified atom stereocenters. The molecule has 0 heterocycles. The summed E-state index contributed by atoms with van der Waals surface area (Å²) in [6.07, 6.45) is 0.533. The van der Waals surface area contributed by atoms with E-state index in [0.717, 1.165) is 5.56 Å². The van der Waals surface area contributed by atoms with E-state index in [-0.39, 0.29) is 0 Å². The molecule has 1 rings (SSSR count). The quantitative estimate of drug-likeness (QED) is 0.825. The van der Waals surface area contributed by atoms with Crippen LogP contribution in [0.2, 0.25) is 0 Å². The highest BCUT2D eigenvalue weighted by Gasteiger charge is 2.28. The second-order valence-electron chi connectivity index (χ2n) is 4.92. The van der Waals surface area contributed by atoms with Crippen LogP contribution < -0.4 is 11.5 Å². The van der Waals surface area contributed by atoms with Crippen LogP contribution in [-0.4, -0.2) is 11.6 Å². The lowest BCUT2D eigenvalue weighted by atomic mass is 9.88. The maximum absolute atomic E-state index is 6.34. The lowest BCUT2D eigenvalue weighted by molar-refractivity contribution is 0.527. The molecule has 0 aliphatic rings. The van der Waals surface area contributed by atoms with Crippen molar-refractivity contribution in [2.24, 2.45) is 11.5 Å². The second kappa shape index (κ2) is 11.1. The number of hydrogen-bond donors (Lipinski definition) is 2. The van der Waals surface area contributed by atoms with Crippen LogP contribution in [0.5, 0.6) is 0 Å². The monoisotopic (exact) mass is 322 g/mol. The molecule has 1 aromatic carbocycles. The summed E-state index contributed by atoms with van der Waals surface area (Å²) >= 11 is 0. The predicted octanol–water partition coefficient (Wildman–Crippen LogP) is 1.31. The van der Waals surface area contributed by atoms with Crippen molar-refractivity contribution in [1.29, 1.82) is 0 Å². The molecule has 2 heteroatoms. The molecule has 0 bridgehead atoms. The van der Waals surface area contributed by atoms with Gasteiger partial charge in [-0.25, -0.2) is 0 Å². The van der Waals surface area contributed by atoms with Crippen molar-refractivity contribution in [2.75, 3.05) is 0 Å². The van der Waals surface area contributed by atoms with Crippen molar-refractivity contribution in [3.63, 3.8) is 0 Å². The van der Waals surface area contributed by atoms with Gasteiger partial charge in [0.25, 0.3) is 0 Å². The van der Waals surface area contributed by atoms with Gasteiger partial charge in [-0.1, -0.05) is 54.0 Å². The average Bonchev–Trinajstić information content (AvgIpc) is 2.62. The minimum atomic E-state index is -1.24. The molecule has 0 aliphatic carbocycles. The van der Waals surface area contributed by atoms with Crippen LogP contribution in [0, 0.1) is 71.0 Å². The maximum Gasteiger partial charge on any atom is 0.157 e. The van der Waals surface area contributed by atoms with Gasteiger partial charge in [0.05, 0.1) is 0 Å². The summed E-state index contributed by atoms with van der Waals surface area (Å²) in [4.78, 5) is 0. The molecule has 2 nitrogen and oxygen atoms in total. The van der Waals surface area contributed by atoms with Gasteiger partial charge in [0.2, 0.25) is 0 Å². The Labute approximate surface area is 150 Å². The van der Waals surface area contributed by atoms with Gasteiger partial charge in [0, 0.05) is 6.04 Å². The van der Waals surface area contributed by atoms with E-state index in [0.29, 0.717) is 6.42 Å². The molecule has 0 aliphatic heterocycles. The fourth-order valence-electron chi connectivity index (χ4n) is 1.76. The zero-order chi connectivity index (χ0) is 18.4. The van der Waals surface area contributed by atoms with Gasteiger partial charge >= 0.3 is 0 Å². The second-order valence-corrected chi connectivity index (χ2v) is 4.92. The summed E-state index contributed by atoms with van der Waals surface area (Å²) in [5.74, 6) is 32.1. The molecule has 0 radical (unpaired) electrons. The largest absolute Gasteiger partial charge is 0.324 e. The molecular formula is C23H18N2. The Hall–Kier alpha value is -3.50. The Morgan fingerprint density at radius 2 is 1.28 bits per heavy atom. The van der Waals surface area contributed by atoms with E-state index < -0.39 is 11.6 Å². The molecule has 120 valence electrons. The van der Waals surface area contributed by atoms with E-state index in [1.165, 1.54) is 0 Å². The normalized spacial score (nSPS) is 9.28. The first-order chi connectivity index (χ1) is 12.1. The number of nitrogens with two attached hydrogens (primary N) is 2. The van der Waals surface area contributed by atoms with Crippen LogP contribution in [0.1, 0.15) is 19.4 Å². The van der Waals surface area contributed by atoms with Gasteiger partial charge in [-0.2, -0.15) is 0 Å². The Bertz CT molecular complexity index is 892. The van der Waals surface area contributed by atoms with Crippen LogP contribution >= 0.6 is 0 Å².